The number of piperidine rings is 1. The molecule has 140 valence electrons. The number of nitrogens with zero attached hydrogens (tertiary/aromatic N) is 3. The zero-order valence-corrected chi connectivity index (χ0v) is 16.0. The first-order valence-corrected chi connectivity index (χ1v) is 10.4. The number of piperazine rings is 1. The SMILES string of the molecule is CC(C)CNC(=O)CN1CCN(S(=O)(=O)N2CCC(C)CC2)CC1. The van der Waals surface area contributed by atoms with Crippen molar-refractivity contribution in [2.24, 2.45) is 11.8 Å². The van der Waals surface area contributed by atoms with Gasteiger partial charge in [0.2, 0.25) is 5.91 Å². The Balaban J connectivity index is 1.78. The minimum atomic E-state index is -3.34. The Labute approximate surface area is 146 Å². The van der Waals surface area contributed by atoms with Gasteiger partial charge in [-0.15, -0.1) is 0 Å². The van der Waals surface area contributed by atoms with Crippen molar-refractivity contribution in [1.29, 1.82) is 0 Å². The average molecular weight is 361 g/mol. The van der Waals surface area contributed by atoms with Gasteiger partial charge in [-0.05, 0) is 24.7 Å². The summed E-state index contributed by atoms with van der Waals surface area (Å²) in [5.74, 6) is 1.06. The molecule has 2 heterocycles. The van der Waals surface area contributed by atoms with E-state index in [9.17, 15) is 13.2 Å². The first kappa shape index (κ1) is 19.6. The second-order valence-corrected chi connectivity index (χ2v) is 9.39. The van der Waals surface area contributed by atoms with Crippen molar-refractivity contribution in [3.8, 4) is 0 Å². The Hall–Kier alpha value is -0.700. The molecule has 0 bridgehead atoms. The Kier molecular flexibility index (Phi) is 7.03. The lowest BCUT2D eigenvalue weighted by Crippen LogP contribution is -2.55. The minimum Gasteiger partial charge on any atom is -0.355 e. The fourth-order valence-corrected chi connectivity index (χ4v) is 4.70. The molecule has 8 heteroatoms. The largest absolute Gasteiger partial charge is 0.355 e. The fourth-order valence-electron chi connectivity index (χ4n) is 3.07. The van der Waals surface area contributed by atoms with Crippen LogP contribution in [0.5, 0.6) is 0 Å². The van der Waals surface area contributed by atoms with Crippen molar-refractivity contribution in [2.75, 3.05) is 52.4 Å². The van der Waals surface area contributed by atoms with E-state index in [-0.39, 0.29) is 5.91 Å². The zero-order valence-electron chi connectivity index (χ0n) is 15.2. The van der Waals surface area contributed by atoms with E-state index in [0.29, 0.717) is 64.2 Å². The van der Waals surface area contributed by atoms with E-state index in [2.05, 4.69) is 26.1 Å². The summed E-state index contributed by atoms with van der Waals surface area (Å²) in [4.78, 5) is 13.9. The van der Waals surface area contributed by atoms with Gasteiger partial charge in [0.15, 0.2) is 0 Å². The van der Waals surface area contributed by atoms with Crippen molar-refractivity contribution >= 4 is 16.1 Å². The van der Waals surface area contributed by atoms with Gasteiger partial charge in [0.05, 0.1) is 6.54 Å². The summed E-state index contributed by atoms with van der Waals surface area (Å²) >= 11 is 0. The summed E-state index contributed by atoms with van der Waals surface area (Å²) in [5, 5.41) is 2.91. The van der Waals surface area contributed by atoms with E-state index in [0.717, 1.165) is 12.8 Å². The van der Waals surface area contributed by atoms with Gasteiger partial charge in [-0.25, -0.2) is 0 Å². The maximum Gasteiger partial charge on any atom is 0.282 e. The highest BCUT2D eigenvalue weighted by Crippen LogP contribution is 2.21. The third-order valence-corrected chi connectivity index (χ3v) is 6.84. The van der Waals surface area contributed by atoms with Crippen LogP contribution in [-0.4, -0.2) is 80.2 Å². The summed E-state index contributed by atoms with van der Waals surface area (Å²) in [6, 6.07) is 0. The number of amides is 1. The lowest BCUT2D eigenvalue weighted by Gasteiger charge is -2.38. The Morgan fingerprint density at radius 2 is 1.58 bits per heavy atom. The average Bonchev–Trinajstić information content (AvgIpc) is 2.54. The molecule has 24 heavy (non-hydrogen) atoms. The Morgan fingerprint density at radius 3 is 2.12 bits per heavy atom. The quantitative estimate of drug-likeness (QED) is 0.742. The number of carbonyl (C=O) groups excluding carboxylic acids is 1. The monoisotopic (exact) mass is 360 g/mol. The van der Waals surface area contributed by atoms with Gasteiger partial charge in [0.1, 0.15) is 0 Å². The molecule has 2 rings (SSSR count). The topological polar surface area (TPSA) is 73.0 Å². The molecule has 2 aliphatic rings. The van der Waals surface area contributed by atoms with Gasteiger partial charge in [0, 0.05) is 45.8 Å². The molecule has 0 atom stereocenters. The van der Waals surface area contributed by atoms with Gasteiger partial charge >= 0.3 is 0 Å². The molecule has 0 unspecified atom stereocenters. The summed E-state index contributed by atoms with van der Waals surface area (Å²) in [7, 11) is -3.34. The van der Waals surface area contributed by atoms with Crippen LogP contribution in [0.1, 0.15) is 33.6 Å². The molecule has 1 amide bonds. The number of hydrogen-bond donors (Lipinski definition) is 1. The van der Waals surface area contributed by atoms with Crippen LogP contribution in [0.3, 0.4) is 0 Å². The molecule has 0 aromatic rings. The first-order valence-electron chi connectivity index (χ1n) is 9.03. The molecule has 0 aliphatic carbocycles. The van der Waals surface area contributed by atoms with Gasteiger partial charge in [0.25, 0.3) is 10.2 Å². The molecule has 0 radical (unpaired) electrons. The first-order chi connectivity index (χ1) is 11.3. The smallest absolute Gasteiger partial charge is 0.282 e. The number of rotatable bonds is 6. The standard InChI is InChI=1S/C16H32N4O3S/c1-14(2)12-17-16(21)13-18-8-10-20(11-9-18)24(22,23)19-6-4-15(3)5-7-19/h14-15H,4-13H2,1-3H3,(H,17,21). The number of carbonyl (C=O) groups is 1. The molecule has 0 aromatic carbocycles. The molecule has 2 saturated heterocycles. The molecule has 2 aliphatic heterocycles. The third-order valence-electron chi connectivity index (χ3n) is 4.80. The Morgan fingerprint density at radius 1 is 1.04 bits per heavy atom. The Bertz CT molecular complexity index is 507. The van der Waals surface area contributed by atoms with Gasteiger partial charge in [-0.3, -0.25) is 9.69 Å². The van der Waals surface area contributed by atoms with Crippen molar-refractivity contribution in [3.63, 3.8) is 0 Å². The van der Waals surface area contributed by atoms with E-state index < -0.39 is 10.2 Å². The highest BCUT2D eigenvalue weighted by molar-refractivity contribution is 7.86. The normalized spacial score (nSPS) is 22.8. The van der Waals surface area contributed by atoms with Crippen molar-refractivity contribution in [1.82, 2.24) is 18.8 Å². The van der Waals surface area contributed by atoms with E-state index >= 15 is 0 Å². The third kappa shape index (κ3) is 5.40. The molecular weight excluding hydrogens is 328 g/mol. The van der Waals surface area contributed by atoms with Gasteiger partial charge in [-0.2, -0.15) is 17.0 Å². The van der Waals surface area contributed by atoms with E-state index in [1.165, 1.54) is 0 Å². The van der Waals surface area contributed by atoms with Gasteiger partial charge < -0.3 is 5.32 Å². The zero-order chi connectivity index (χ0) is 17.7. The van der Waals surface area contributed by atoms with Crippen LogP contribution in [0.15, 0.2) is 0 Å². The lowest BCUT2D eigenvalue weighted by atomic mass is 10.0. The van der Waals surface area contributed by atoms with Crippen LogP contribution in [0, 0.1) is 11.8 Å². The van der Waals surface area contributed by atoms with Crippen LogP contribution in [-0.2, 0) is 15.0 Å². The molecule has 0 spiro atoms. The predicted octanol–water partition coefficient (Wildman–Crippen LogP) is 0.353. The van der Waals surface area contributed by atoms with E-state index in [1.807, 2.05) is 4.90 Å². The molecule has 0 aromatic heterocycles. The summed E-state index contributed by atoms with van der Waals surface area (Å²) < 4.78 is 28.6. The van der Waals surface area contributed by atoms with Crippen LogP contribution >= 0.6 is 0 Å². The predicted molar refractivity (Wildman–Crippen MR) is 94.8 cm³/mol. The number of hydrogen-bond acceptors (Lipinski definition) is 4. The molecule has 2 fully saturated rings. The lowest BCUT2D eigenvalue weighted by molar-refractivity contribution is -0.122. The second kappa shape index (κ2) is 8.60. The highest BCUT2D eigenvalue weighted by atomic mass is 32.2. The molecule has 0 saturated carbocycles. The van der Waals surface area contributed by atoms with Crippen molar-refractivity contribution < 1.29 is 13.2 Å². The summed E-state index contributed by atoms with van der Waals surface area (Å²) in [6.45, 7) is 10.7. The second-order valence-electron chi connectivity index (χ2n) is 7.46. The molecule has 1 N–H and O–H groups in total. The molecule has 7 nitrogen and oxygen atoms in total. The summed E-state index contributed by atoms with van der Waals surface area (Å²) in [6.07, 6.45) is 1.88. The summed E-state index contributed by atoms with van der Waals surface area (Å²) in [5.41, 5.74) is 0. The molecular formula is C16H32N4O3S. The minimum absolute atomic E-state index is 0.0185. The van der Waals surface area contributed by atoms with Crippen molar-refractivity contribution in [2.45, 2.75) is 33.6 Å². The fraction of sp³-hybridized carbons (Fsp3) is 0.938. The van der Waals surface area contributed by atoms with E-state index in [1.54, 1.807) is 8.61 Å². The van der Waals surface area contributed by atoms with Crippen molar-refractivity contribution in [3.05, 3.63) is 0 Å². The van der Waals surface area contributed by atoms with Crippen LogP contribution in [0.2, 0.25) is 0 Å². The van der Waals surface area contributed by atoms with Crippen LogP contribution < -0.4 is 5.32 Å². The van der Waals surface area contributed by atoms with E-state index in [4.69, 9.17) is 0 Å². The van der Waals surface area contributed by atoms with Crippen LogP contribution in [0.4, 0.5) is 0 Å². The van der Waals surface area contributed by atoms with Gasteiger partial charge in [-0.1, -0.05) is 20.8 Å². The van der Waals surface area contributed by atoms with Crippen LogP contribution in [0.25, 0.3) is 0 Å². The number of nitrogens with one attached hydrogen (secondary N) is 1. The maximum atomic E-state index is 12.7. The maximum absolute atomic E-state index is 12.7. The highest BCUT2D eigenvalue weighted by Gasteiger charge is 2.34.